The third-order valence-corrected chi connectivity index (χ3v) is 5.84. The molecule has 3 heterocycles. The van der Waals surface area contributed by atoms with Gasteiger partial charge in [0.2, 0.25) is 5.09 Å². The lowest BCUT2D eigenvalue weighted by atomic mass is 10.1. The molecule has 0 amide bonds. The molecular formula is C16H21N3O3S. The van der Waals surface area contributed by atoms with E-state index in [4.69, 9.17) is 4.42 Å². The van der Waals surface area contributed by atoms with Crippen LogP contribution in [-0.4, -0.2) is 49.3 Å². The zero-order valence-electron chi connectivity index (χ0n) is 13.1. The first-order valence-corrected chi connectivity index (χ1v) is 9.11. The van der Waals surface area contributed by atoms with Crippen LogP contribution in [0.15, 0.2) is 52.4 Å². The fourth-order valence-electron chi connectivity index (χ4n) is 3.01. The minimum Gasteiger partial charge on any atom is -0.452 e. The Kier molecular flexibility index (Phi) is 4.79. The summed E-state index contributed by atoms with van der Waals surface area (Å²) in [5, 5.41) is 0.0295. The van der Waals surface area contributed by atoms with Crippen molar-refractivity contribution in [2.75, 3.05) is 26.7 Å². The molecule has 0 spiro atoms. The average Bonchev–Trinajstić information content (AvgIpc) is 3.20. The van der Waals surface area contributed by atoms with E-state index in [1.54, 1.807) is 12.3 Å². The van der Waals surface area contributed by atoms with Gasteiger partial charge in [-0.3, -0.25) is 4.98 Å². The highest BCUT2D eigenvalue weighted by atomic mass is 32.2. The van der Waals surface area contributed by atoms with E-state index >= 15 is 0 Å². The van der Waals surface area contributed by atoms with Crippen molar-refractivity contribution in [3.63, 3.8) is 0 Å². The molecule has 0 N–H and O–H groups in total. The van der Waals surface area contributed by atoms with Crippen molar-refractivity contribution >= 4 is 10.0 Å². The number of furan rings is 1. The Bertz CT molecular complexity index is 716. The monoisotopic (exact) mass is 335 g/mol. The summed E-state index contributed by atoms with van der Waals surface area (Å²) in [7, 11) is -1.43. The lowest BCUT2D eigenvalue weighted by Gasteiger charge is -2.21. The van der Waals surface area contributed by atoms with Gasteiger partial charge in [-0.05, 0) is 43.1 Å². The molecule has 1 aliphatic rings. The maximum Gasteiger partial charge on any atom is 0.276 e. The van der Waals surface area contributed by atoms with E-state index in [-0.39, 0.29) is 5.09 Å². The maximum atomic E-state index is 12.4. The first-order chi connectivity index (χ1) is 11.1. The molecule has 1 unspecified atom stereocenters. The van der Waals surface area contributed by atoms with E-state index in [2.05, 4.69) is 16.9 Å². The summed E-state index contributed by atoms with van der Waals surface area (Å²) in [5.41, 5.74) is 1.16. The molecule has 124 valence electrons. The van der Waals surface area contributed by atoms with Crippen LogP contribution >= 0.6 is 0 Å². The second kappa shape index (κ2) is 6.82. The van der Waals surface area contributed by atoms with Gasteiger partial charge < -0.3 is 9.32 Å². The van der Waals surface area contributed by atoms with Gasteiger partial charge in [0.05, 0.1) is 6.26 Å². The van der Waals surface area contributed by atoms with Crippen molar-refractivity contribution in [2.24, 2.45) is 5.92 Å². The van der Waals surface area contributed by atoms with Crippen molar-refractivity contribution in [2.45, 2.75) is 18.1 Å². The minimum absolute atomic E-state index is 0.0295. The van der Waals surface area contributed by atoms with Crippen LogP contribution in [0.2, 0.25) is 0 Å². The van der Waals surface area contributed by atoms with Gasteiger partial charge in [-0.15, -0.1) is 0 Å². The number of hydrogen-bond acceptors (Lipinski definition) is 5. The normalized spacial score (nSPS) is 19.5. The predicted molar refractivity (Wildman–Crippen MR) is 86.1 cm³/mol. The molecule has 1 atom stereocenters. The van der Waals surface area contributed by atoms with Gasteiger partial charge in [-0.1, -0.05) is 6.07 Å². The second-order valence-electron chi connectivity index (χ2n) is 6.01. The lowest BCUT2D eigenvalue weighted by molar-refractivity contribution is 0.272. The summed E-state index contributed by atoms with van der Waals surface area (Å²) in [6.07, 6.45) is 5.89. The number of aromatic nitrogens is 1. The van der Waals surface area contributed by atoms with E-state index in [1.807, 2.05) is 18.3 Å². The average molecular weight is 335 g/mol. The summed E-state index contributed by atoms with van der Waals surface area (Å²) >= 11 is 0. The SMILES string of the molecule is CN(Cc1cccnc1)CC1CCN(S(=O)(=O)c2ccco2)C1. The minimum atomic E-state index is -3.48. The predicted octanol–water partition coefficient (Wildman–Crippen LogP) is 1.82. The van der Waals surface area contributed by atoms with Crippen LogP contribution in [0.25, 0.3) is 0 Å². The Morgan fingerprint density at radius 1 is 1.39 bits per heavy atom. The first-order valence-electron chi connectivity index (χ1n) is 7.67. The number of nitrogens with zero attached hydrogens (tertiary/aromatic N) is 3. The van der Waals surface area contributed by atoms with Crippen molar-refractivity contribution < 1.29 is 12.8 Å². The molecule has 2 aromatic heterocycles. The van der Waals surface area contributed by atoms with E-state index in [0.29, 0.717) is 19.0 Å². The van der Waals surface area contributed by atoms with Crippen LogP contribution in [0.3, 0.4) is 0 Å². The Balaban J connectivity index is 1.56. The largest absolute Gasteiger partial charge is 0.452 e. The Morgan fingerprint density at radius 3 is 2.96 bits per heavy atom. The molecule has 2 aromatic rings. The number of pyridine rings is 1. The van der Waals surface area contributed by atoms with Crippen LogP contribution in [0, 0.1) is 5.92 Å². The van der Waals surface area contributed by atoms with Crippen molar-refractivity contribution in [3.8, 4) is 0 Å². The molecule has 1 saturated heterocycles. The summed E-state index contributed by atoms with van der Waals surface area (Å²) in [5.74, 6) is 0.335. The van der Waals surface area contributed by atoms with Crippen LogP contribution in [-0.2, 0) is 16.6 Å². The van der Waals surface area contributed by atoms with Crippen molar-refractivity contribution in [1.82, 2.24) is 14.2 Å². The summed E-state index contributed by atoms with van der Waals surface area (Å²) < 4.78 is 31.4. The van der Waals surface area contributed by atoms with Gasteiger partial charge >= 0.3 is 0 Å². The summed E-state index contributed by atoms with van der Waals surface area (Å²) in [6, 6.07) is 7.07. The summed E-state index contributed by atoms with van der Waals surface area (Å²) in [4.78, 5) is 6.33. The van der Waals surface area contributed by atoms with Gasteiger partial charge in [0, 0.05) is 38.6 Å². The number of hydrogen-bond donors (Lipinski definition) is 0. The molecule has 1 fully saturated rings. The van der Waals surface area contributed by atoms with Crippen LogP contribution in [0.5, 0.6) is 0 Å². The molecule has 0 saturated carbocycles. The highest BCUT2D eigenvalue weighted by molar-refractivity contribution is 7.89. The Labute approximate surface area is 136 Å². The smallest absolute Gasteiger partial charge is 0.276 e. The highest BCUT2D eigenvalue weighted by Crippen LogP contribution is 2.25. The molecule has 1 aliphatic heterocycles. The molecule has 3 rings (SSSR count). The second-order valence-corrected chi connectivity index (χ2v) is 7.88. The topological polar surface area (TPSA) is 66.7 Å². The zero-order chi connectivity index (χ0) is 16.3. The van der Waals surface area contributed by atoms with Gasteiger partial charge in [-0.2, -0.15) is 4.31 Å². The van der Waals surface area contributed by atoms with Crippen LogP contribution in [0.1, 0.15) is 12.0 Å². The quantitative estimate of drug-likeness (QED) is 0.805. The Hall–Kier alpha value is -1.70. The molecular weight excluding hydrogens is 314 g/mol. The van der Waals surface area contributed by atoms with Crippen LogP contribution < -0.4 is 0 Å². The van der Waals surface area contributed by atoms with Gasteiger partial charge in [0.25, 0.3) is 10.0 Å². The van der Waals surface area contributed by atoms with Crippen molar-refractivity contribution in [1.29, 1.82) is 0 Å². The molecule has 7 heteroatoms. The van der Waals surface area contributed by atoms with Crippen molar-refractivity contribution in [3.05, 3.63) is 48.5 Å². The molecule has 0 bridgehead atoms. The Morgan fingerprint density at radius 2 is 2.26 bits per heavy atom. The fraction of sp³-hybridized carbons (Fsp3) is 0.438. The summed E-state index contributed by atoms with van der Waals surface area (Å²) in [6.45, 7) is 2.77. The fourth-order valence-corrected chi connectivity index (χ4v) is 4.45. The third-order valence-electron chi connectivity index (χ3n) is 4.08. The lowest BCUT2D eigenvalue weighted by Crippen LogP contribution is -2.31. The standard InChI is InChI=1S/C16H21N3O3S/c1-18(11-14-4-2-7-17-10-14)12-15-6-8-19(13-15)23(20,21)16-5-3-9-22-16/h2-5,7,9-10,15H,6,8,11-13H2,1H3. The molecule has 0 aromatic carbocycles. The third kappa shape index (κ3) is 3.80. The highest BCUT2D eigenvalue weighted by Gasteiger charge is 2.34. The van der Waals surface area contributed by atoms with E-state index < -0.39 is 10.0 Å². The molecule has 0 aliphatic carbocycles. The van der Waals surface area contributed by atoms with E-state index in [0.717, 1.165) is 25.1 Å². The van der Waals surface area contributed by atoms with Gasteiger partial charge in [0.1, 0.15) is 0 Å². The van der Waals surface area contributed by atoms with Gasteiger partial charge in [-0.25, -0.2) is 8.42 Å². The maximum absolute atomic E-state index is 12.4. The first kappa shape index (κ1) is 16.2. The van der Waals surface area contributed by atoms with E-state index in [1.165, 1.54) is 16.6 Å². The molecule has 23 heavy (non-hydrogen) atoms. The zero-order valence-corrected chi connectivity index (χ0v) is 13.9. The molecule has 6 nitrogen and oxygen atoms in total. The number of rotatable bonds is 6. The van der Waals surface area contributed by atoms with E-state index in [9.17, 15) is 8.42 Å². The van der Waals surface area contributed by atoms with Gasteiger partial charge in [0.15, 0.2) is 0 Å². The molecule has 0 radical (unpaired) electrons. The van der Waals surface area contributed by atoms with Crippen LogP contribution in [0.4, 0.5) is 0 Å². The number of sulfonamides is 1.